The minimum absolute atomic E-state index is 0.0864. The number of ether oxygens (including phenoxy) is 2. The first-order chi connectivity index (χ1) is 13.5. The highest BCUT2D eigenvalue weighted by atomic mass is 79.9. The van der Waals surface area contributed by atoms with Crippen LogP contribution in [0.15, 0.2) is 12.2 Å². The molecule has 3 aliphatic rings. The quantitative estimate of drug-likeness (QED) is 0.178. The number of nitrogens with zero attached hydrogens (tertiary/aromatic N) is 1. The van der Waals surface area contributed by atoms with Crippen molar-refractivity contribution >= 4 is 39.7 Å². The Hall–Kier alpha value is -1.70. The fourth-order valence-electron chi connectivity index (χ4n) is 4.95. The highest BCUT2D eigenvalue weighted by Gasteiger charge is 2.58. The molecule has 2 amide bonds. The maximum atomic E-state index is 12.6. The number of halogens is 1. The highest BCUT2D eigenvalue weighted by Crippen LogP contribution is 2.52. The Kier molecular flexibility index (Phi) is 5.96. The summed E-state index contributed by atoms with van der Waals surface area (Å²) in [5.74, 6) is -1.09. The van der Waals surface area contributed by atoms with E-state index in [1.807, 2.05) is 0 Å². The average Bonchev–Trinajstić information content (AvgIpc) is 3.32. The number of fused-ring (bicyclic) bond motifs is 5. The maximum absolute atomic E-state index is 12.6. The van der Waals surface area contributed by atoms with Crippen molar-refractivity contribution in [2.45, 2.75) is 44.4 Å². The van der Waals surface area contributed by atoms with E-state index in [-0.39, 0.29) is 55.1 Å². The fraction of sp³-hybridized carbons (Fsp3) is 0.714. The third-order valence-corrected chi connectivity index (χ3v) is 6.86. The summed E-state index contributed by atoms with van der Waals surface area (Å²) >= 11 is 3.32. The molecule has 3 rings (SSSR count). The van der Waals surface area contributed by atoms with E-state index in [9.17, 15) is 19.2 Å². The van der Waals surface area contributed by atoms with Crippen molar-refractivity contribution in [2.24, 2.45) is 29.1 Å². The van der Waals surface area contributed by atoms with Gasteiger partial charge in [-0.1, -0.05) is 28.1 Å². The second-order valence-electron chi connectivity index (χ2n) is 9.07. The van der Waals surface area contributed by atoms with Gasteiger partial charge in [0.05, 0.1) is 31.0 Å². The Morgan fingerprint density at radius 2 is 1.66 bits per heavy atom. The Labute approximate surface area is 179 Å². The number of alkyl halides is 1. The van der Waals surface area contributed by atoms with Crippen molar-refractivity contribution in [3.05, 3.63) is 12.2 Å². The van der Waals surface area contributed by atoms with Gasteiger partial charge in [-0.25, -0.2) is 0 Å². The summed E-state index contributed by atoms with van der Waals surface area (Å²) in [4.78, 5) is 50.9. The van der Waals surface area contributed by atoms with Crippen LogP contribution in [0.2, 0.25) is 0 Å². The van der Waals surface area contributed by atoms with Gasteiger partial charge in [0, 0.05) is 6.54 Å². The number of hydrogen-bond donors (Lipinski definition) is 0. The van der Waals surface area contributed by atoms with Crippen LogP contribution in [0.25, 0.3) is 0 Å². The van der Waals surface area contributed by atoms with Gasteiger partial charge in [-0.05, 0) is 51.9 Å². The smallest absolute Gasteiger partial charge is 0.322 e. The van der Waals surface area contributed by atoms with Crippen LogP contribution in [-0.4, -0.2) is 53.2 Å². The summed E-state index contributed by atoms with van der Waals surface area (Å²) in [6, 6.07) is 0. The van der Waals surface area contributed by atoms with Gasteiger partial charge < -0.3 is 9.47 Å². The number of carbonyl (C=O) groups is 4. The Morgan fingerprint density at radius 3 is 2.17 bits per heavy atom. The molecule has 0 spiro atoms. The third kappa shape index (κ3) is 4.00. The third-order valence-electron chi connectivity index (χ3n) is 6.26. The molecule has 0 radical (unpaired) electrons. The first-order valence-corrected chi connectivity index (χ1v) is 10.8. The largest absolute Gasteiger partial charge is 0.468 e. The molecule has 160 valence electrons. The summed E-state index contributed by atoms with van der Waals surface area (Å²) in [6.07, 6.45) is 5.63. The minimum Gasteiger partial charge on any atom is -0.468 e. The molecular formula is C21H28BrNO6. The molecule has 1 heterocycles. The van der Waals surface area contributed by atoms with Gasteiger partial charge in [0.2, 0.25) is 11.8 Å². The summed E-state index contributed by atoms with van der Waals surface area (Å²) in [5, 5.41) is 0. The SMILES string of the molecule is COC(=O)C(C)(Br)CC(C)(C)C(=O)OCCCN1C(=O)[C@@H]2[C@H](C1=O)[C@H]1C=C[C@@H]2C1. The number of methoxy groups -OCH3 is 1. The molecule has 8 heteroatoms. The number of carbonyl (C=O) groups excluding carboxylic acids is 4. The Morgan fingerprint density at radius 1 is 1.10 bits per heavy atom. The number of hydrogen-bond acceptors (Lipinski definition) is 6. The van der Waals surface area contributed by atoms with Crippen molar-refractivity contribution in [3.8, 4) is 0 Å². The molecule has 2 bridgehead atoms. The van der Waals surface area contributed by atoms with E-state index in [1.165, 1.54) is 12.0 Å². The highest BCUT2D eigenvalue weighted by molar-refractivity contribution is 9.10. The zero-order chi connectivity index (χ0) is 21.6. The summed E-state index contributed by atoms with van der Waals surface area (Å²) < 4.78 is 9.13. The molecule has 0 N–H and O–H groups in total. The maximum Gasteiger partial charge on any atom is 0.322 e. The lowest BCUT2D eigenvalue weighted by Gasteiger charge is -2.30. The van der Waals surface area contributed by atoms with Gasteiger partial charge in [-0.3, -0.25) is 24.1 Å². The molecule has 0 aromatic rings. The lowest BCUT2D eigenvalue weighted by Crippen LogP contribution is -2.39. The number of esters is 2. The number of rotatable bonds is 8. The van der Waals surface area contributed by atoms with Gasteiger partial charge in [-0.2, -0.15) is 0 Å². The summed E-state index contributed by atoms with van der Waals surface area (Å²) in [7, 11) is 1.30. The van der Waals surface area contributed by atoms with Gasteiger partial charge in [-0.15, -0.1) is 0 Å². The molecule has 1 aliphatic heterocycles. The van der Waals surface area contributed by atoms with Gasteiger partial charge >= 0.3 is 11.9 Å². The first kappa shape index (κ1) is 22.0. The van der Waals surface area contributed by atoms with Crippen molar-refractivity contribution in [1.29, 1.82) is 0 Å². The zero-order valence-corrected chi connectivity index (χ0v) is 18.9. The molecule has 2 aliphatic carbocycles. The number of likely N-dealkylation sites (tertiary alicyclic amines) is 1. The molecule has 0 aromatic carbocycles. The van der Waals surface area contributed by atoms with E-state index in [0.717, 1.165) is 6.42 Å². The van der Waals surface area contributed by atoms with Crippen LogP contribution in [0.4, 0.5) is 0 Å². The molecule has 29 heavy (non-hydrogen) atoms. The van der Waals surface area contributed by atoms with Crippen LogP contribution in [0.3, 0.4) is 0 Å². The molecule has 1 saturated heterocycles. The topological polar surface area (TPSA) is 90.0 Å². The molecule has 7 nitrogen and oxygen atoms in total. The molecule has 2 fully saturated rings. The lowest BCUT2D eigenvalue weighted by molar-refractivity contribution is -0.156. The minimum atomic E-state index is -0.996. The molecule has 1 saturated carbocycles. The summed E-state index contributed by atoms with van der Waals surface area (Å²) in [5.41, 5.74) is -0.909. The van der Waals surface area contributed by atoms with Crippen molar-refractivity contribution in [2.75, 3.05) is 20.3 Å². The standard InChI is InChI=1S/C21H28BrNO6/c1-20(2,11-21(3,22)19(27)28-4)18(26)29-9-5-8-23-16(24)14-12-6-7-13(10-12)15(14)17(23)25/h6-7,12-15H,5,8-11H2,1-4H3/t12-,13+,14+,15-,21?. The number of allylic oxidation sites excluding steroid dienone is 2. The van der Waals surface area contributed by atoms with Crippen LogP contribution in [0.5, 0.6) is 0 Å². The van der Waals surface area contributed by atoms with Gasteiger partial charge in [0.1, 0.15) is 4.32 Å². The zero-order valence-electron chi connectivity index (χ0n) is 17.3. The van der Waals surface area contributed by atoms with Crippen LogP contribution in [0, 0.1) is 29.1 Å². The first-order valence-electron chi connectivity index (χ1n) is 9.98. The van der Waals surface area contributed by atoms with E-state index in [1.54, 1.807) is 20.8 Å². The number of amides is 2. The van der Waals surface area contributed by atoms with E-state index >= 15 is 0 Å². The van der Waals surface area contributed by atoms with E-state index in [2.05, 4.69) is 28.1 Å². The van der Waals surface area contributed by atoms with Crippen molar-refractivity contribution in [3.63, 3.8) is 0 Å². The van der Waals surface area contributed by atoms with E-state index in [0.29, 0.717) is 6.42 Å². The van der Waals surface area contributed by atoms with E-state index < -0.39 is 21.7 Å². The predicted molar refractivity (Wildman–Crippen MR) is 108 cm³/mol. The molecular weight excluding hydrogens is 442 g/mol. The summed E-state index contributed by atoms with van der Waals surface area (Å²) in [6.45, 7) is 5.43. The van der Waals surface area contributed by atoms with Gasteiger partial charge in [0.25, 0.3) is 0 Å². The van der Waals surface area contributed by atoms with Gasteiger partial charge in [0.15, 0.2) is 0 Å². The molecule has 1 unspecified atom stereocenters. The van der Waals surface area contributed by atoms with Crippen molar-refractivity contribution in [1.82, 2.24) is 4.90 Å². The number of imide groups is 1. The molecule has 5 atom stereocenters. The molecule has 0 aromatic heterocycles. The van der Waals surface area contributed by atoms with Crippen LogP contribution < -0.4 is 0 Å². The lowest BCUT2D eigenvalue weighted by atomic mass is 9.83. The second-order valence-corrected chi connectivity index (χ2v) is 10.8. The Balaban J connectivity index is 1.47. The van der Waals surface area contributed by atoms with Crippen LogP contribution >= 0.6 is 15.9 Å². The average molecular weight is 470 g/mol. The Bertz CT molecular complexity index is 728. The fourth-order valence-corrected chi connectivity index (χ4v) is 5.82. The van der Waals surface area contributed by atoms with E-state index in [4.69, 9.17) is 9.47 Å². The van der Waals surface area contributed by atoms with Crippen LogP contribution in [-0.2, 0) is 28.7 Å². The normalized spacial score (nSPS) is 29.8. The van der Waals surface area contributed by atoms with Crippen LogP contribution in [0.1, 0.15) is 40.0 Å². The monoisotopic (exact) mass is 469 g/mol. The second kappa shape index (κ2) is 7.85. The predicted octanol–water partition coefficient (Wildman–Crippen LogP) is 2.47. The van der Waals surface area contributed by atoms with Crippen molar-refractivity contribution < 1.29 is 28.7 Å².